The Morgan fingerprint density at radius 2 is 1.77 bits per heavy atom. The molecule has 5 aromatic rings. The molecule has 196 valence electrons. The molecular weight excluding hydrogens is 563 g/mol. The first kappa shape index (κ1) is 26.3. The van der Waals surface area contributed by atoms with Crippen LogP contribution in [0.2, 0.25) is 9.36 Å². The molecule has 0 bridgehead atoms. The van der Waals surface area contributed by atoms with E-state index in [1.807, 2.05) is 6.07 Å². The largest absolute Gasteiger partial charge is 0.478 e. The Bertz CT molecular complexity index is 1730. The number of pyridine rings is 1. The number of rotatable bonds is 8. The van der Waals surface area contributed by atoms with Gasteiger partial charge in [0, 0.05) is 35.0 Å². The molecule has 0 saturated heterocycles. The summed E-state index contributed by atoms with van der Waals surface area (Å²) in [6.07, 6.45) is 4.59. The van der Waals surface area contributed by atoms with E-state index in [2.05, 4.69) is 20.4 Å². The van der Waals surface area contributed by atoms with Gasteiger partial charge in [-0.3, -0.25) is 24.1 Å². The Morgan fingerprint density at radius 3 is 2.44 bits per heavy atom. The number of aromatic nitrogens is 5. The molecule has 0 fully saturated rings. The number of carbonyl (C=O) groups is 2. The number of nitrogens with one attached hydrogen (secondary N) is 1. The predicted octanol–water partition coefficient (Wildman–Crippen LogP) is 4.92. The van der Waals surface area contributed by atoms with E-state index >= 15 is 0 Å². The number of carbonyl (C=O) groups excluding carboxylic acids is 1. The Hall–Kier alpha value is -4.32. The first-order valence-electron chi connectivity index (χ1n) is 11.4. The van der Waals surface area contributed by atoms with Crippen LogP contribution in [0.3, 0.4) is 0 Å². The molecule has 0 amide bonds. The highest BCUT2D eigenvalue weighted by Gasteiger charge is 2.22. The first-order chi connectivity index (χ1) is 18.8. The number of anilines is 1. The summed E-state index contributed by atoms with van der Waals surface area (Å²) in [6, 6.07) is 13.6. The van der Waals surface area contributed by atoms with Gasteiger partial charge >= 0.3 is 5.97 Å². The summed E-state index contributed by atoms with van der Waals surface area (Å²) >= 11 is 14.0. The quantitative estimate of drug-likeness (QED) is 0.264. The third-order valence-corrected chi connectivity index (χ3v) is 7.20. The highest BCUT2D eigenvalue weighted by molar-refractivity contribution is 7.16. The number of hydrogen-bond acceptors (Lipinski definition) is 8. The number of carboxylic acids is 1. The molecule has 0 aliphatic carbocycles. The molecule has 10 nitrogen and oxygen atoms in total. The zero-order valence-corrected chi connectivity index (χ0v) is 22.2. The second-order valence-corrected chi connectivity index (χ2v) is 10.4. The minimum Gasteiger partial charge on any atom is -0.478 e. The number of hydrogen-bond donors (Lipinski definition) is 2. The van der Waals surface area contributed by atoms with E-state index in [-0.39, 0.29) is 33.9 Å². The molecule has 39 heavy (non-hydrogen) atoms. The second-order valence-electron chi connectivity index (χ2n) is 8.22. The van der Waals surface area contributed by atoms with Gasteiger partial charge in [-0.05, 0) is 42.5 Å². The zero-order chi connectivity index (χ0) is 27.5. The topological polar surface area (TPSA) is 132 Å². The van der Waals surface area contributed by atoms with E-state index in [9.17, 15) is 19.5 Å². The van der Waals surface area contributed by atoms with Gasteiger partial charge in [-0.25, -0.2) is 4.79 Å². The van der Waals surface area contributed by atoms with Crippen LogP contribution >= 0.6 is 34.5 Å². The van der Waals surface area contributed by atoms with Crippen LogP contribution in [0.15, 0.2) is 78.0 Å². The molecule has 0 radical (unpaired) electrons. The van der Waals surface area contributed by atoms with Crippen LogP contribution < -0.4 is 10.9 Å². The summed E-state index contributed by atoms with van der Waals surface area (Å²) in [5.41, 5.74) is 1.02. The van der Waals surface area contributed by atoms with Crippen molar-refractivity contribution in [1.82, 2.24) is 24.3 Å². The lowest BCUT2D eigenvalue weighted by Crippen LogP contribution is -2.22. The lowest BCUT2D eigenvalue weighted by atomic mass is 10.1. The molecule has 1 aromatic carbocycles. The number of halogens is 2. The van der Waals surface area contributed by atoms with E-state index < -0.39 is 11.9 Å². The lowest BCUT2D eigenvalue weighted by Gasteiger charge is -2.12. The van der Waals surface area contributed by atoms with Crippen LogP contribution in [0.5, 0.6) is 0 Å². The maximum Gasteiger partial charge on any atom is 0.335 e. The van der Waals surface area contributed by atoms with Crippen LogP contribution in [0.4, 0.5) is 5.82 Å². The zero-order valence-electron chi connectivity index (χ0n) is 19.9. The van der Waals surface area contributed by atoms with E-state index in [0.717, 1.165) is 9.56 Å². The summed E-state index contributed by atoms with van der Waals surface area (Å²) < 4.78 is 3.19. The summed E-state index contributed by atoms with van der Waals surface area (Å²) in [5.74, 6) is -1.29. The Balaban J connectivity index is 1.59. The van der Waals surface area contributed by atoms with Crippen LogP contribution in [0.1, 0.15) is 31.3 Å². The maximum absolute atomic E-state index is 13.5. The van der Waals surface area contributed by atoms with Gasteiger partial charge in [-0.15, -0.1) is 11.3 Å². The average Bonchev–Trinajstić information content (AvgIpc) is 3.55. The molecular formula is C26H18Cl2N6O4S. The van der Waals surface area contributed by atoms with E-state index in [4.69, 9.17) is 23.2 Å². The van der Waals surface area contributed by atoms with Gasteiger partial charge in [-0.2, -0.15) is 9.78 Å². The van der Waals surface area contributed by atoms with Crippen LogP contribution in [0, 0.1) is 0 Å². The van der Waals surface area contributed by atoms with Crippen molar-refractivity contribution in [2.45, 2.75) is 13.1 Å². The fourth-order valence-electron chi connectivity index (χ4n) is 3.82. The maximum atomic E-state index is 13.5. The number of thiophene rings is 1. The third kappa shape index (κ3) is 5.75. The highest BCUT2D eigenvalue weighted by Crippen LogP contribution is 2.30. The van der Waals surface area contributed by atoms with E-state index in [0.29, 0.717) is 28.1 Å². The van der Waals surface area contributed by atoms with Crippen molar-refractivity contribution in [2.75, 3.05) is 5.32 Å². The smallest absolute Gasteiger partial charge is 0.335 e. The van der Waals surface area contributed by atoms with Gasteiger partial charge in [-0.1, -0.05) is 23.2 Å². The molecule has 4 aromatic heterocycles. The monoisotopic (exact) mass is 580 g/mol. The van der Waals surface area contributed by atoms with Crippen molar-refractivity contribution >= 4 is 52.2 Å². The molecule has 0 unspecified atom stereocenters. The van der Waals surface area contributed by atoms with Crippen molar-refractivity contribution in [3.8, 4) is 11.4 Å². The molecule has 13 heteroatoms. The van der Waals surface area contributed by atoms with Crippen molar-refractivity contribution in [2.24, 2.45) is 0 Å². The van der Waals surface area contributed by atoms with Gasteiger partial charge in [0.2, 0.25) is 0 Å². The van der Waals surface area contributed by atoms with Crippen molar-refractivity contribution < 1.29 is 14.7 Å². The van der Waals surface area contributed by atoms with Gasteiger partial charge in [0.1, 0.15) is 11.5 Å². The number of nitrogens with zero attached hydrogens (tertiary/aromatic N) is 5. The minimum absolute atomic E-state index is 0.0460. The summed E-state index contributed by atoms with van der Waals surface area (Å²) in [7, 11) is 0. The van der Waals surface area contributed by atoms with E-state index in [1.165, 1.54) is 64.7 Å². The molecule has 0 atom stereocenters. The van der Waals surface area contributed by atoms with Crippen LogP contribution in [-0.4, -0.2) is 41.3 Å². The summed E-state index contributed by atoms with van der Waals surface area (Å²) in [5, 5.41) is 17.2. The summed E-state index contributed by atoms with van der Waals surface area (Å²) in [4.78, 5) is 46.9. The second kappa shape index (κ2) is 11.2. The molecule has 2 N–H and O–H groups in total. The van der Waals surface area contributed by atoms with Gasteiger partial charge < -0.3 is 10.4 Å². The number of benzene rings is 1. The standard InChI is InChI=1S/C26H18Cl2N6O4S/c27-19-6-8-23(35)33(14-17-12-29-9-10-30-17)24(19)20-11-22(31-13-18-5-7-21(28)39-18)34(32-20)25(36)15-1-3-16(4-2-15)26(37)38/h1-12,31H,13-14H2,(H,37,38). The van der Waals surface area contributed by atoms with Gasteiger partial charge in [0.05, 0.1) is 45.6 Å². The molecule has 4 heterocycles. The fourth-order valence-corrected chi connectivity index (χ4v) is 5.11. The van der Waals surface area contributed by atoms with Crippen LogP contribution in [-0.2, 0) is 13.1 Å². The van der Waals surface area contributed by atoms with Crippen molar-refractivity contribution in [3.63, 3.8) is 0 Å². The SMILES string of the molecule is O=C(O)c1ccc(C(=O)n2nc(-c3c(Cl)ccc(=O)n3Cc3cnccn3)cc2NCc2ccc(Cl)s2)cc1. The fraction of sp³-hybridized carbons (Fsp3) is 0.0769. The van der Waals surface area contributed by atoms with Crippen molar-refractivity contribution in [3.05, 3.63) is 115 Å². The van der Waals surface area contributed by atoms with Gasteiger partial charge in [0.25, 0.3) is 11.5 Å². The normalized spacial score (nSPS) is 10.9. The molecule has 0 saturated carbocycles. The predicted molar refractivity (Wildman–Crippen MR) is 148 cm³/mol. The average molecular weight is 581 g/mol. The minimum atomic E-state index is -1.10. The number of carboxylic acid groups (broad SMARTS) is 1. The van der Waals surface area contributed by atoms with Crippen LogP contribution in [0.25, 0.3) is 11.4 Å². The Labute approximate surface area is 235 Å². The van der Waals surface area contributed by atoms with Gasteiger partial charge in [0.15, 0.2) is 0 Å². The Morgan fingerprint density at radius 1 is 1.00 bits per heavy atom. The lowest BCUT2D eigenvalue weighted by molar-refractivity contribution is 0.0696. The van der Waals surface area contributed by atoms with E-state index in [1.54, 1.807) is 18.3 Å². The molecule has 0 spiro atoms. The highest BCUT2D eigenvalue weighted by atomic mass is 35.5. The first-order valence-corrected chi connectivity index (χ1v) is 13.0. The Kier molecular flexibility index (Phi) is 7.55. The molecule has 5 rings (SSSR count). The summed E-state index contributed by atoms with van der Waals surface area (Å²) in [6.45, 7) is 0.430. The number of aromatic carboxylic acids is 1. The molecule has 0 aliphatic rings. The van der Waals surface area contributed by atoms with Crippen molar-refractivity contribution in [1.29, 1.82) is 0 Å². The molecule has 0 aliphatic heterocycles. The third-order valence-electron chi connectivity index (χ3n) is 5.67.